The number of nitrogens with zero attached hydrogens (tertiary/aromatic N) is 2. The van der Waals surface area contributed by atoms with Crippen molar-refractivity contribution in [2.45, 2.75) is 13.1 Å². The molecule has 6 nitrogen and oxygen atoms in total. The lowest BCUT2D eigenvalue weighted by molar-refractivity contribution is 0.0937. The first-order valence-electron chi connectivity index (χ1n) is 5.39. The van der Waals surface area contributed by atoms with Crippen molar-refractivity contribution in [3.8, 4) is 0 Å². The van der Waals surface area contributed by atoms with Crippen LogP contribution < -0.4 is 16.1 Å². The molecule has 1 aromatic rings. The van der Waals surface area contributed by atoms with E-state index in [4.69, 9.17) is 6.57 Å². The summed E-state index contributed by atoms with van der Waals surface area (Å²) in [4.78, 5) is 18.6. The first-order valence-corrected chi connectivity index (χ1v) is 5.39. The Morgan fingerprint density at radius 3 is 2.56 bits per heavy atom. The van der Waals surface area contributed by atoms with Crippen LogP contribution in [0, 0.1) is 6.57 Å². The van der Waals surface area contributed by atoms with E-state index in [0.717, 1.165) is 0 Å². The molecule has 18 heavy (non-hydrogen) atoms. The lowest BCUT2D eigenvalue weighted by Gasteiger charge is -2.15. The van der Waals surface area contributed by atoms with Crippen LogP contribution in [-0.2, 0) is 0 Å². The van der Waals surface area contributed by atoms with Gasteiger partial charge < -0.3 is 10.6 Å². The molecule has 1 rings (SSSR count). The van der Waals surface area contributed by atoms with Gasteiger partial charge in [-0.1, -0.05) is 23.6 Å². The van der Waals surface area contributed by atoms with Gasteiger partial charge in [0.2, 0.25) is 0 Å². The first kappa shape index (κ1) is 13.5. The molecule has 0 heterocycles. The number of rotatable bonds is 3. The molecule has 6 heteroatoms. The zero-order valence-electron chi connectivity index (χ0n) is 10.3. The van der Waals surface area contributed by atoms with Gasteiger partial charge in [-0.3, -0.25) is 9.79 Å². The zero-order chi connectivity index (χ0) is 13.4. The normalized spacial score (nSPS) is 12.2. The van der Waals surface area contributed by atoms with E-state index < -0.39 is 0 Å². The number of carbonyl (C=O) groups excluding carboxylic acids is 1. The molecule has 0 aromatic heterocycles. The van der Waals surface area contributed by atoms with Crippen LogP contribution in [0.15, 0.2) is 35.3 Å². The van der Waals surface area contributed by atoms with Gasteiger partial charge in [-0.05, 0) is 19.1 Å². The predicted molar refractivity (Wildman–Crippen MR) is 69.6 cm³/mol. The molecule has 1 aromatic carbocycles. The number of nitrogens with one attached hydrogen (secondary N) is 3. The third-order valence-corrected chi connectivity index (χ3v) is 2.12. The zero-order valence-corrected chi connectivity index (χ0v) is 10.3. The fourth-order valence-corrected chi connectivity index (χ4v) is 1.31. The van der Waals surface area contributed by atoms with Crippen LogP contribution in [0.1, 0.15) is 17.3 Å². The fourth-order valence-electron chi connectivity index (χ4n) is 1.31. The average molecular weight is 245 g/mol. The van der Waals surface area contributed by atoms with Crippen molar-refractivity contribution in [2.75, 3.05) is 7.05 Å². The molecule has 0 saturated carbocycles. The maximum absolute atomic E-state index is 11.8. The summed E-state index contributed by atoms with van der Waals surface area (Å²) in [6.45, 7) is 8.42. The standard InChI is InChI=1S/C12H15N5O/c1-9(16-12(13-2)17-14-3)15-11(18)10-7-5-4-6-8-10/h4-9H,1-2H3,(H,15,18)(H2,13,16,17). The van der Waals surface area contributed by atoms with Gasteiger partial charge >= 0.3 is 0 Å². The third kappa shape index (κ3) is 4.14. The van der Waals surface area contributed by atoms with E-state index in [1.807, 2.05) is 6.07 Å². The highest BCUT2D eigenvalue weighted by molar-refractivity contribution is 5.94. The van der Waals surface area contributed by atoms with E-state index >= 15 is 0 Å². The van der Waals surface area contributed by atoms with Crippen molar-refractivity contribution in [3.05, 3.63) is 47.4 Å². The van der Waals surface area contributed by atoms with Crippen LogP contribution >= 0.6 is 0 Å². The van der Waals surface area contributed by atoms with Crippen molar-refractivity contribution in [1.29, 1.82) is 0 Å². The predicted octanol–water partition coefficient (Wildman–Crippen LogP) is 0.762. The minimum Gasteiger partial charge on any atom is -0.332 e. The molecule has 0 saturated heterocycles. The summed E-state index contributed by atoms with van der Waals surface area (Å²) in [6, 6.07) is 8.90. The van der Waals surface area contributed by atoms with E-state index in [1.165, 1.54) is 0 Å². The molecule has 1 amide bonds. The minimum atomic E-state index is -0.342. The van der Waals surface area contributed by atoms with Gasteiger partial charge in [-0.2, -0.15) is 11.5 Å². The van der Waals surface area contributed by atoms with Crippen LogP contribution in [0.25, 0.3) is 4.95 Å². The van der Waals surface area contributed by atoms with Gasteiger partial charge in [-0.25, -0.2) is 0 Å². The first-order chi connectivity index (χ1) is 8.67. The lowest BCUT2D eigenvalue weighted by Crippen LogP contribution is -2.49. The van der Waals surface area contributed by atoms with Gasteiger partial charge in [-0.15, -0.1) is 0 Å². The number of aliphatic imine (C=N–C) groups is 1. The van der Waals surface area contributed by atoms with E-state index in [0.29, 0.717) is 11.5 Å². The topological polar surface area (TPSA) is 69.9 Å². The van der Waals surface area contributed by atoms with Crippen molar-refractivity contribution < 1.29 is 4.79 Å². The van der Waals surface area contributed by atoms with Gasteiger partial charge in [0, 0.05) is 12.6 Å². The number of hydrogen-bond donors (Lipinski definition) is 3. The molecular weight excluding hydrogens is 230 g/mol. The van der Waals surface area contributed by atoms with Gasteiger partial charge in [0.15, 0.2) is 0 Å². The summed E-state index contributed by atoms with van der Waals surface area (Å²) in [6.07, 6.45) is -0.342. The van der Waals surface area contributed by atoms with E-state index in [9.17, 15) is 4.79 Å². The second-order valence-electron chi connectivity index (χ2n) is 3.50. The van der Waals surface area contributed by atoms with Crippen LogP contribution in [0.3, 0.4) is 0 Å². The largest absolute Gasteiger partial charge is 0.332 e. The Hall–Kier alpha value is -2.55. The average Bonchev–Trinajstić information content (AvgIpc) is 2.39. The minimum absolute atomic E-state index is 0.186. The monoisotopic (exact) mass is 245 g/mol. The highest BCUT2D eigenvalue weighted by Crippen LogP contribution is 1.98. The molecule has 0 aliphatic rings. The summed E-state index contributed by atoms with van der Waals surface area (Å²) < 4.78 is 0. The van der Waals surface area contributed by atoms with Crippen molar-refractivity contribution in [1.82, 2.24) is 16.1 Å². The molecule has 0 aliphatic carbocycles. The van der Waals surface area contributed by atoms with Gasteiger partial charge in [0.05, 0.1) is 6.17 Å². The summed E-state index contributed by atoms with van der Waals surface area (Å²) in [5, 5.41) is 5.61. The van der Waals surface area contributed by atoms with Crippen LogP contribution in [0.2, 0.25) is 0 Å². The molecule has 0 fully saturated rings. The molecule has 1 unspecified atom stereocenters. The summed E-state index contributed by atoms with van der Waals surface area (Å²) >= 11 is 0. The van der Waals surface area contributed by atoms with Crippen molar-refractivity contribution >= 4 is 11.9 Å². The Bertz CT molecular complexity index is 463. The molecule has 0 aliphatic heterocycles. The Labute approximate surface area is 106 Å². The molecule has 0 spiro atoms. The van der Waals surface area contributed by atoms with Crippen molar-refractivity contribution in [3.63, 3.8) is 0 Å². The van der Waals surface area contributed by atoms with Gasteiger partial charge in [0.1, 0.15) is 0 Å². The molecule has 1 atom stereocenters. The Balaban J connectivity index is 2.53. The number of hydrogen-bond acceptors (Lipinski definition) is 2. The molecule has 0 radical (unpaired) electrons. The van der Waals surface area contributed by atoms with E-state index in [-0.39, 0.29) is 12.1 Å². The quantitative estimate of drug-likeness (QED) is 0.242. The summed E-state index contributed by atoms with van der Waals surface area (Å²) in [5.74, 6) is 0.125. The molecule has 0 bridgehead atoms. The number of amides is 1. The fraction of sp³-hybridized carbons (Fsp3) is 0.250. The Morgan fingerprint density at radius 2 is 2.00 bits per heavy atom. The number of carbonyl (C=O) groups is 1. The molecule has 3 N–H and O–H groups in total. The van der Waals surface area contributed by atoms with Crippen LogP contribution in [0.4, 0.5) is 0 Å². The highest BCUT2D eigenvalue weighted by atomic mass is 16.1. The Kier molecular flexibility index (Phi) is 5.19. The summed E-state index contributed by atoms with van der Waals surface area (Å²) in [5.41, 5.74) is 2.94. The second kappa shape index (κ2) is 6.91. The lowest BCUT2D eigenvalue weighted by atomic mass is 10.2. The SMILES string of the molecule is [C-]#[N+]NC(=NC)NC(C)NC(=O)c1ccccc1. The molecular formula is C12H15N5O. The number of benzene rings is 1. The molecule has 94 valence electrons. The summed E-state index contributed by atoms with van der Waals surface area (Å²) in [7, 11) is 1.55. The smallest absolute Gasteiger partial charge is 0.263 e. The van der Waals surface area contributed by atoms with E-state index in [2.05, 4.69) is 26.0 Å². The van der Waals surface area contributed by atoms with Crippen LogP contribution in [-0.4, -0.2) is 25.1 Å². The third-order valence-electron chi connectivity index (χ3n) is 2.12. The number of guanidine groups is 1. The van der Waals surface area contributed by atoms with E-state index in [1.54, 1.807) is 38.2 Å². The van der Waals surface area contributed by atoms with Gasteiger partial charge in [0.25, 0.3) is 11.9 Å². The highest BCUT2D eigenvalue weighted by Gasteiger charge is 2.10. The maximum Gasteiger partial charge on any atom is 0.263 e. The maximum atomic E-state index is 11.8. The van der Waals surface area contributed by atoms with Crippen molar-refractivity contribution in [2.24, 2.45) is 4.99 Å². The van der Waals surface area contributed by atoms with Crippen LogP contribution in [0.5, 0.6) is 0 Å². The second-order valence-corrected chi connectivity index (χ2v) is 3.50. The Morgan fingerprint density at radius 1 is 1.33 bits per heavy atom.